The van der Waals surface area contributed by atoms with E-state index in [0.29, 0.717) is 10.1 Å². The molecule has 104 valence electrons. The molecular formula is C15H14BrClN2S. The molecule has 2 rings (SSSR count). The van der Waals surface area contributed by atoms with E-state index in [2.05, 4.69) is 45.6 Å². The van der Waals surface area contributed by atoms with Crippen LogP contribution in [-0.2, 0) is 0 Å². The minimum absolute atomic E-state index is 0.116. The number of halogens is 2. The first kappa shape index (κ1) is 15.3. The highest BCUT2D eigenvalue weighted by Crippen LogP contribution is 2.21. The largest absolute Gasteiger partial charge is 0.356 e. The van der Waals surface area contributed by atoms with Crippen molar-refractivity contribution in [2.24, 2.45) is 0 Å². The summed E-state index contributed by atoms with van der Waals surface area (Å²) in [6.07, 6.45) is 0. The van der Waals surface area contributed by atoms with E-state index in [9.17, 15) is 0 Å². The number of para-hydroxylation sites is 1. The third-order valence-corrected chi connectivity index (χ3v) is 3.92. The number of rotatable bonds is 3. The van der Waals surface area contributed by atoms with Crippen LogP contribution in [0.15, 0.2) is 53.0 Å². The van der Waals surface area contributed by atoms with Crippen molar-refractivity contribution in [2.45, 2.75) is 13.0 Å². The van der Waals surface area contributed by atoms with Gasteiger partial charge < -0.3 is 10.6 Å². The van der Waals surface area contributed by atoms with E-state index in [-0.39, 0.29) is 6.04 Å². The fourth-order valence-corrected chi connectivity index (χ4v) is 2.49. The number of hydrogen-bond donors (Lipinski definition) is 2. The molecule has 0 radical (unpaired) electrons. The Bertz CT molecular complexity index is 601. The molecular weight excluding hydrogens is 356 g/mol. The molecule has 0 aromatic heterocycles. The van der Waals surface area contributed by atoms with Crippen molar-refractivity contribution < 1.29 is 0 Å². The van der Waals surface area contributed by atoms with Crippen molar-refractivity contribution in [2.75, 3.05) is 5.32 Å². The van der Waals surface area contributed by atoms with Crippen LogP contribution >= 0.6 is 39.7 Å². The standard InChI is InChI=1S/C15H14BrClN2S/c1-10(11-6-8-12(16)9-7-11)18-15(20)19-14-5-3-2-4-13(14)17/h2-10H,1H3,(H2,18,19,20). The fraction of sp³-hybridized carbons (Fsp3) is 0.133. The lowest BCUT2D eigenvalue weighted by Crippen LogP contribution is -2.30. The van der Waals surface area contributed by atoms with Crippen LogP contribution < -0.4 is 10.6 Å². The van der Waals surface area contributed by atoms with E-state index in [1.807, 2.05) is 36.4 Å². The molecule has 20 heavy (non-hydrogen) atoms. The minimum Gasteiger partial charge on any atom is -0.356 e. The summed E-state index contributed by atoms with van der Waals surface area (Å²) in [7, 11) is 0. The van der Waals surface area contributed by atoms with Crippen LogP contribution in [-0.4, -0.2) is 5.11 Å². The monoisotopic (exact) mass is 368 g/mol. The second-order valence-electron chi connectivity index (χ2n) is 4.35. The SMILES string of the molecule is CC(NC(=S)Nc1ccccc1Cl)c1ccc(Br)cc1. The van der Waals surface area contributed by atoms with E-state index >= 15 is 0 Å². The molecule has 0 heterocycles. The third kappa shape index (κ3) is 4.20. The van der Waals surface area contributed by atoms with Crippen molar-refractivity contribution in [3.63, 3.8) is 0 Å². The van der Waals surface area contributed by atoms with Gasteiger partial charge in [0.15, 0.2) is 5.11 Å². The normalized spacial score (nSPS) is 11.8. The average molecular weight is 370 g/mol. The fourth-order valence-electron chi connectivity index (χ4n) is 1.75. The van der Waals surface area contributed by atoms with Crippen LogP contribution in [0.3, 0.4) is 0 Å². The lowest BCUT2D eigenvalue weighted by Gasteiger charge is -2.18. The maximum atomic E-state index is 6.08. The quantitative estimate of drug-likeness (QED) is 0.732. The lowest BCUT2D eigenvalue weighted by atomic mass is 10.1. The zero-order valence-electron chi connectivity index (χ0n) is 10.9. The van der Waals surface area contributed by atoms with Gasteiger partial charge >= 0.3 is 0 Å². The number of thiocarbonyl (C=S) groups is 1. The lowest BCUT2D eigenvalue weighted by molar-refractivity contribution is 0.722. The first-order valence-electron chi connectivity index (χ1n) is 6.14. The van der Waals surface area contributed by atoms with Crippen LogP contribution in [0.4, 0.5) is 5.69 Å². The second-order valence-corrected chi connectivity index (χ2v) is 6.08. The highest BCUT2D eigenvalue weighted by atomic mass is 79.9. The first-order chi connectivity index (χ1) is 9.56. The van der Waals surface area contributed by atoms with Crippen LogP contribution in [0.1, 0.15) is 18.5 Å². The number of nitrogens with one attached hydrogen (secondary N) is 2. The summed E-state index contributed by atoms with van der Waals surface area (Å²) in [5, 5.41) is 7.53. The minimum atomic E-state index is 0.116. The molecule has 2 nitrogen and oxygen atoms in total. The van der Waals surface area contributed by atoms with Gasteiger partial charge in [0, 0.05) is 4.47 Å². The smallest absolute Gasteiger partial charge is 0.171 e. The number of hydrogen-bond acceptors (Lipinski definition) is 1. The molecule has 0 fully saturated rings. The molecule has 0 aliphatic rings. The molecule has 2 aromatic rings. The van der Waals surface area contributed by atoms with Gasteiger partial charge in [-0.3, -0.25) is 0 Å². The molecule has 0 saturated carbocycles. The molecule has 5 heteroatoms. The number of benzene rings is 2. The summed E-state index contributed by atoms with van der Waals surface area (Å²) in [6.45, 7) is 2.06. The van der Waals surface area contributed by atoms with Crippen molar-refractivity contribution >= 4 is 50.5 Å². The molecule has 0 spiro atoms. The van der Waals surface area contributed by atoms with Crippen molar-refractivity contribution in [1.29, 1.82) is 0 Å². The molecule has 1 unspecified atom stereocenters. The Balaban J connectivity index is 1.98. The third-order valence-electron chi connectivity index (χ3n) is 2.84. The van der Waals surface area contributed by atoms with Gasteiger partial charge in [0.1, 0.15) is 0 Å². The van der Waals surface area contributed by atoms with Crippen LogP contribution in [0, 0.1) is 0 Å². The highest BCUT2D eigenvalue weighted by Gasteiger charge is 2.08. The van der Waals surface area contributed by atoms with Gasteiger partial charge in [0.2, 0.25) is 0 Å². The predicted octanol–water partition coefficient (Wildman–Crippen LogP) is 5.15. The summed E-state index contributed by atoms with van der Waals surface area (Å²) < 4.78 is 1.06. The summed E-state index contributed by atoms with van der Waals surface area (Å²) in [6, 6.07) is 15.8. The van der Waals surface area contributed by atoms with Gasteiger partial charge in [-0.1, -0.05) is 51.8 Å². The van der Waals surface area contributed by atoms with Gasteiger partial charge in [0.25, 0.3) is 0 Å². The molecule has 0 aliphatic carbocycles. The van der Waals surface area contributed by atoms with Crippen molar-refractivity contribution in [3.05, 3.63) is 63.6 Å². The van der Waals surface area contributed by atoms with Crippen molar-refractivity contribution in [3.8, 4) is 0 Å². The van der Waals surface area contributed by atoms with E-state index in [1.165, 1.54) is 0 Å². The Morgan fingerprint density at radius 2 is 1.80 bits per heavy atom. The second kappa shape index (κ2) is 7.07. The highest BCUT2D eigenvalue weighted by molar-refractivity contribution is 9.10. The van der Waals surface area contributed by atoms with E-state index in [1.54, 1.807) is 0 Å². The molecule has 0 bridgehead atoms. The van der Waals surface area contributed by atoms with Crippen LogP contribution in [0.25, 0.3) is 0 Å². The predicted molar refractivity (Wildman–Crippen MR) is 93.4 cm³/mol. The summed E-state index contributed by atoms with van der Waals surface area (Å²) in [5.74, 6) is 0. The first-order valence-corrected chi connectivity index (χ1v) is 7.71. The molecule has 0 amide bonds. The molecule has 1 atom stereocenters. The van der Waals surface area contributed by atoms with E-state index in [0.717, 1.165) is 15.7 Å². The Labute approximate surface area is 137 Å². The Hall–Kier alpha value is -1.10. The maximum Gasteiger partial charge on any atom is 0.171 e. The molecule has 2 aromatic carbocycles. The van der Waals surface area contributed by atoms with Crippen LogP contribution in [0.2, 0.25) is 5.02 Å². The topological polar surface area (TPSA) is 24.1 Å². The zero-order valence-corrected chi connectivity index (χ0v) is 14.0. The molecule has 2 N–H and O–H groups in total. The molecule has 0 saturated heterocycles. The van der Waals surface area contributed by atoms with Crippen LogP contribution in [0.5, 0.6) is 0 Å². The molecule has 0 aliphatic heterocycles. The Morgan fingerprint density at radius 1 is 1.15 bits per heavy atom. The summed E-state index contributed by atoms with van der Waals surface area (Å²) in [5.41, 5.74) is 1.96. The summed E-state index contributed by atoms with van der Waals surface area (Å²) in [4.78, 5) is 0. The Morgan fingerprint density at radius 3 is 2.45 bits per heavy atom. The van der Waals surface area contributed by atoms with E-state index < -0.39 is 0 Å². The Kier molecular flexibility index (Phi) is 5.40. The van der Waals surface area contributed by atoms with Crippen molar-refractivity contribution in [1.82, 2.24) is 5.32 Å². The summed E-state index contributed by atoms with van der Waals surface area (Å²) >= 11 is 14.8. The van der Waals surface area contributed by atoms with Gasteiger partial charge in [-0.05, 0) is 49.0 Å². The van der Waals surface area contributed by atoms with Gasteiger partial charge in [-0.25, -0.2) is 0 Å². The zero-order chi connectivity index (χ0) is 14.5. The van der Waals surface area contributed by atoms with Gasteiger partial charge in [0.05, 0.1) is 16.8 Å². The van der Waals surface area contributed by atoms with Gasteiger partial charge in [-0.15, -0.1) is 0 Å². The maximum absolute atomic E-state index is 6.08. The van der Waals surface area contributed by atoms with E-state index in [4.69, 9.17) is 23.8 Å². The number of anilines is 1. The average Bonchev–Trinajstić information content (AvgIpc) is 2.42. The van der Waals surface area contributed by atoms with Gasteiger partial charge in [-0.2, -0.15) is 0 Å².